The molecule has 0 bridgehead atoms. The highest BCUT2D eigenvalue weighted by Crippen LogP contribution is 2.53. The summed E-state index contributed by atoms with van der Waals surface area (Å²) < 4.78 is 12.3. The predicted molar refractivity (Wildman–Crippen MR) is 140 cm³/mol. The first-order valence-corrected chi connectivity index (χ1v) is 13.5. The summed E-state index contributed by atoms with van der Waals surface area (Å²) in [5, 5.41) is 12.8. The lowest BCUT2D eigenvalue weighted by Gasteiger charge is -2.37. The van der Waals surface area contributed by atoms with Gasteiger partial charge in [0, 0.05) is 19.5 Å². The van der Waals surface area contributed by atoms with E-state index in [-0.39, 0.29) is 31.4 Å². The van der Waals surface area contributed by atoms with E-state index in [1.54, 1.807) is 37.0 Å². The van der Waals surface area contributed by atoms with E-state index in [4.69, 9.17) is 9.47 Å². The maximum absolute atomic E-state index is 14.2. The van der Waals surface area contributed by atoms with Crippen molar-refractivity contribution in [1.82, 2.24) is 15.1 Å². The number of likely N-dealkylation sites (tertiary alicyclic amines) is 1. The molecule has 10 heteroatoms. The molecule has 0 aliphatic carbocycles. The molecule has 5 rings (SSSR count). The maximum atomic E-state index is 14.2. The highest BCUT2D eigenvalue weighted by molar-refractivity contribution is 5.99. The number of aliphatic hydroxyl groups excluding tert-OH is 1. The van der Waals surface area contributed by atoms with E-state index < -0.39 is 53.6 Å². The van der Waals surface area contributed by atoms with E-state index in [0.717, 1.165) is 5.56 Å². The number of allylic oxidation sites excluding steroid dienone is 1. The average Bonchev–Trinajstić information content (AvgIpc) is 3.32. The zero-order chi connectivity index (χ0) is 27.7. The standard InChI is InChI=1S/C29H35N3O7/c1-18(17-33)32-25-27(36)31(16-20-9-4-3-5-10-20)14-8-13-29(25)24(26(32)35)23-21(39-29)11-6-7-12-22(34)30-15-19(2)38-28(23)37/h3-6,8-11,13,18-19,21,23-25,33H,7,12,14-17H2,1-2H3,(H,30,34)/b11-6-/t18-,19-,21-,23+,24+,25-,29+/m1/s1. The molecule has 1 aromatic carbocycles. The molecule has 10 nitrogen and oxygen atoms in total. The number of aliphatic hydroxyl groups is 1. The SMILES string of the molecule is C[C@@H]1CNC(=O)CC/C=C\[C@H]2O[C@]34C=CCN(Cc5ccccc5)C(=O)[C@H]3N([C@H](C)CO)C(=O)[C@@H]4[C@H]2C(=O)O1. The summed E-state index contributed by atoms with van der Waals surface area (Å²) >= 11 is 0. The Morgan fingerprint density at radius 2 is 1.90 bits per heavy atom. The highest BCUT2D eigenvalue weighted by atomic mass is 16.6. The van der Waals surface area contributed by atoms with Crippen LogP contribution in [0, 0.1) is 11.8 Å². The topological polar surface area (TPSA) is 125 Å². The smallest absolute Gasteiger partial charge is 0.313 e. The summed E-state index contributed by atoms with van der Waals surface area (Å²) in [7, 11) is 0. The number of cyclic esters (lactones) is 1. The largest absolute Gasteiger partial charge is 0.460 e. The number of fused-ring (bicyclic) bond motifs is 2. The minimum Gasteiger partial charge on any atom is -0.460 e. The van der Waals surface area contributed by atoms with Crippen molar-refractivity contribution in [3.63, 3.8) is 0 Å². The van der Waals surface area contributed by atoms with Gasteiger partial charge in [0.2, 0.25) is 17.7 Å². The quantitative estimate of drug-likeness (QED) is 0.433. The number of carbonyl (C=O) groups excluding carboxylic acids is 4. The molecule has 2 N–H and O–H groups in total. The average molecular weight is 538 g/mol. The second-order valence-electron chi connectivity index (χ2n) is 10.7. The van der Waals surface area contributed by atoms with Gasteiger partial charge in [-0.25, -0.2) is 0 Å². The van der Waals surface area contributed by atoms with Crippen LogP contribution in [0.15, 0.2) is 54.6 Å². The van der Waals surface area contributed by atoms with Gasteiger partial charge in [0.15, 0.2) is 0 Å². The van der Waals surface area contributed by atoms with Crippen LogP contribution in [-0.2, 0) is 35.2 Å². The summed E-state index contributed by atoms with van der Waals surface area (Å²) in [4.78, 5) is 57.0. The van der Waals surface area contributed by atoms with Crippen molar-refractivity contribution < 1.29 is 33.8 Å². The van der Waals surface area contributed by atoms with Gasteiger partial charge in [0.25, 0.3) is 0 Å². The Kier molecular flexibility index (Phi) is 7.59. The summed E-state index contributed by atoms with van der Waals surface area (Å²) in [6, 6.07) is 7.83. The Morgan fingerprint density at radius 1 is 1.13 bits per heavy atom. The van der Waals surface area contributed by atoms with E-state index in [1.807, 2.05) is 36.4 Å². The van der Waals surface area contributed by atoms with Crippen molar-refractivity contribution in [3.05, 3.63) is 60.2 Å². The van der Waals surface area contributed by atoms with Gasteiger partial charge < -0.3 is 29.7 Å². The molecular weight excluding hydrogens is 502 g/mol. The zero-order valence-corrected chi connectivity index (χ0v) is 22.2. The van der Waals surface area contributed by atoms with E-state index in [0.29, 0.717) is 19.5 Å². The minimum atomic E-state index is -1.42. The number of esters is 1. The number of nitrogens with zero attached hydrogens (tertiary/aromatic N) is 2. The molecule has 4 heterocycles. The van der Waals surface area contributed by atoms with Crippen LogP contribution in [-0.4, -0.2) is 88.2 Å². The van der Waals surface area contributed by atoms with Gasteiger partial charge in [-0.1, -0.05) is 54.6 Å². The molecular formula is C29H35N3O7. The van der Waals surface area contributed by atoms with E-state index in [1.165, 1.54) is 4.90 Å². The number of hydrogen-bond acceptors (Lipinski definition) is 7. The molecule has 2 fully saturated rings. The molecule has 0 saturated carbocycles. The Balaban J connectivity index is 1.56. The third kappa shape index (κ3) is 4.87. The van der Waals surface area contributed by atoms with Crippen molar-refractivity contribution in [2.75, 3.05) is 19.7 Å². The van der Waals surface area contributed by atoms with Crippen LogP contribution in [0.2, 0.25) is 0 Å². The molecule has 7 atom stereocenters. The second-order valence-corrected chi connectivity index (χ2v) is 10.7. The van der Waals surface area contributed by atoms with Crippen LogP contribution in [0.5, 0.6) is 0 Å². The van der Waals surface area contributed by atoms with Crippen LogP contribution in [0.3, 0.4) is 0 Å². The van der Waals surface area contributed by atoms with Gasteiger partial charge in [-0.15, -0.1) is 0 Å². The van der Waals surface area contributed by atoms with E-state index in [2.05, 4.69) is 5.32 Å². The molecule has 2 saturated heterocycles. The Labute approximate surface area is 227 Å². The third-order valence-electron chi connectivity index (χ3n) is 8.01. The normalized spacial score (nSPS) is 34.6. The lowest BCUT2D eigenvalue weighted by atomic mass is 9.78. The summed E-state index contributed by atoms with van der Waals surface area (Å²) in [6.45, 7) is 3.80. The fourth-order valence-corrected chi connectivity index (χ4v) is 6.16. The van der Waals surface area contributed by atoms with Gasteiger partial charge in [-0.3, -0.25) is 19.2 Å². The summed E-state index contributed by atoms with van der Waals surface area (Å²) in [6.07, 6.45) is 6.31. The van der Waals surface area contributed by atoms with Crippen LogP contribution in [0.4, 0.5) is 0 Å². The van der Waals surface area contributed by atoms with Crippen LogP contribution >= 0.6 is 0 Å². The van der Waals surface area contributed by atoms with Crippen molar-refractivity contribution >= 4 is 23.7 Å². The van der Waals surface area contributed by atoms with Crippen LogP contribution < -0.4 is 5.32 Å². The van der Waals surface area contributed by atoms with Crippen molar-refractivity contribution in [2.45, 2.75) is 63.1 Å². The summed E-state index contributed by atoms with van der Waals surface area (Å²) in [5.74, 6) is -3.51. The lowest BCUT2D eigenvalue weighted by molar-refractivity contribution is -0.159. The molecule has 0 unspecified atom stereocenters. The number of rotatable bonds is 4. The van der Waals surface area contributed by atoms with Gasteiger partial charge >= 0.3 is 5.97 Å². The molecule has 3 amide bonds. The molecule has 1 aromatic rings. The van der Waals surface area contributed by atoms with E-state index in [9.17, 15) is 24.3 Å². The number of ether oxygens (including phenoxy) is 2. The molecule has 0 aromatic heterocycles. The predicted octanol–water partition coefficient (Wildman–Crippen LogP) is 0.945. The Morgan fingerprint density at radius 3 is 2.64 bits per heavy atom. The fourth-order valence-electron chi connectivity index (χ4n) is 6.16. The first-order valence-electron chi connectivity index (χ1n) is 13.5. The van der Waals surface area contributed by atoms with Crippen molar-refractivity contribution in [3.8, 4) is 0 Å². The number of carbonyl (C=O) groups is 4. The molecule has 4 aliphatic rings. The number of hydrogen-bond donors (Lipinski definition) is 2. The highest BCUT2D eigenvalue weighted by Gasteiger charge is 2.72. The van der Waals surface area contributed by atoms with Gasteiger partial charge in [0.1, 0.15) is 23.7 Å². The minimum absolute atomic E-state index is 0.151. The molecule has 0 radical (unpaired) electrons. The Bertz CT molecular complexity index is 1180. The fraction of sp³-hybridized carbons (Fsp3) is 0.517. The Hall–Kier alpha value is -3.50. The van der Waals surface area contributed by atoms with Crippen molar-refractivity contribution in [2.24, 2.45) is 11.8 Å². The zero-order valence-electron chi connectivity index (χ0n) is 22.2. The summed E-state index contributed by atoms with van der Waals surface area (Å²) in [5.41, 5.74) is -0.478. The van der Waals surface area contributed by atoms with Gasteiger partial charge in [-0.2, -0.15) is 0 Å². The monoisotopic (exact) mass is 537 g/mol. The molecule has 4 aliphatic heterocycles. The molecule has 39 heavy (non-hydrogen) atoms. The van der Waals surface area contributed by atoms with Crippen molar-refractivity contribution in [1.29, 1.82) is 0 Å². The molecule has 1 spiro atoms. The van der Waals surface area contributed by atoms with E-state index >= 15 is 0 Å². The maximum Gasteiger partial charge on any atom is 0.313 e. The second kappa shape index (κ2) is 10.9. The first-order chi connectivity index (χ1) is 18.8. The third-order valence-corrected chi connectivity index (χ3v) is 8.01. The number of benzene rings is 1. The van der Waals surface area contributed by atoms with Gasteiger partial charge in [-0.05, 0) is 25.8 Å². The first kappa shape index (κ1) is 27.1. The van der Waals surface area contributed by atoms with Crippen LogP contribution in [0.25, 0.3) is 0 Å². The number of nitrogens with one attached hydrogen (secondary N) is 1. The molecule has 208 valence electrons. The van der Waals surface area contributed by atoms with Gasteiger partial charge in [0.05, 0.1) is 31.2 Å². The van der Waals surface area contributed by atoms with Crippen LogP contribution in [0.1, 0.15) is 32.3 Å². The number of amides is 3. The lowest BCUT2D eigenvalue weighted by Crippen LogP contribution is -2.57.